The van der Waals surface area contributed by atoms with Gasteiger partial charge in [0.15, 0.2) is 5.65 Å². The molecule has 0 saturated heterocycles. The number of hydrazone groups is 1. The number of para-hydroxylation sites is 1. The fraction of sp³-hybridized carbons (Fsp3) is 0. The van der Waals surface area contributed by atoms with Gasteiger partial charge in [-0.15, -0.1) is 10.2 Å². The van der Waals surface area contributed by atoms with E-state index in [0.29, 0.717) is 21.2 Å². The van der Waals surface area contributed by atoms with E-state index >= 15 is 0 Å². The molecule has 0 radical (unpaired) electrons. The number of aromatic hydroxyl groups is 1. The molecule has 4 rings (SSSR count). The molecule has 25 heavy (non-hydrogen) atoms. The Morgan fingerprint density at radius 3 is 2.88 bits per heavy atom. The number of benzene rings is 2. The van der Waals surface area contributed by atoms with Gasteiger partial charge in [-0.2, -0.15) is 10.1 Å². The quantitative estimate of drug-likeness (QED) is 0.314. The van der Waals surface area contributed by atoms with E-state index in [2.05, 4.69) is 62.6 Å². The SMILES string of the molecule is Oc1c(Br)cc(Br)cc1/C=N/Nc1nnc2c(n1)[nH]c1ccccc12. The molecule has 0 fully saturated rings. The molecule has 9 heteroatoms. The number of halogens is 2. The average Bonchev–Trinajstić information content (AvgIpc) is 2.96. The highest BCUT2D eigenvalue weighted by Crippen LogP contribution is 2.30. The lowest BCUT2D eigenvalue weighted by molar-refractivity contribution is 0.471. The lowest BCUT2D eigenvalue weighted by atomic mass is 10.2. The number of hydrogen-bond acceptors (Lipinski definition) is 6. The molecule has 2 aromatic carbocycles. The highest BCUT2D eigenvalue weighted by atomic mass is 79.9. The smallest absolute Gasteiger partial charge is 0.265 e. The molecule has 0 atom stereocenters. The van der Waals surface area contributed by atoms with E-state index in [1.165, 1.54) is 6.21 Å². The van der Waals surface area contributed by atoms with Crippen LogP contribution in [-0.2, 0) is 0 Å². The van der Waals surface area contributed by atoms with Crippen molar-refractivity contribution in [1.29, 1.82) is 0 Å². The summed E-state index contributed by atoms with van der Waals surface area (Å²) in [6, 6.07) is 11.3. The van der Waals surface area contributed by atoms with Crippen molar-refractivity contribution < 1.29 is 5.11 Å². The summed E-state index contributed by atoms with van der Waals surface area (Å²) in [4.78, 5) is 7.56. The number of fused-ring (bicyclic) bond motifs is 3. The summed E-state index contributed by atoms with van der Waals surface area (Å²) < 4.78 is 1.39. The Bertz CT molecular complexity index is 1120. The number of nitrogens with one attached hydrogen (secondary N) is 2. The molecule has 2 aromatic heterocycles. The molecule has 0 unspecified atom stereocenters. The van der Waals surface area contributed by atoms with Gasteiger partial charge in [0.25, 0.3) is 5.95 Å². The molecule has 0 aliphatic heterocycles. The normalized spacial score (nSPS) is 11.6. The number of rotatable bonds is 3. The highest BCUT2D eigenvalue weighted by Gasteiger charge is 2.08. The Kier molecular flexibility index (Phi) is 4.10. The van der Waals surface area contributed by atoms with Gasteiger partial charge in [0, 0.05) is 20.9 Å². The first kappa shape index (κ1) is 16.0. The third-order valence-electron chi connectivity index (χ3n) is 3.55. The van der Waals surface area contributed by atoms with E-state index in [1.54, 1.807) is 12.1 Å². The van der Waals surface area contributed by atoms with Gasteiger partial charge in [0.1, 0.15) is 11.3 Å². The van der Waals surface area contributed by atoms with Crippen LogP contribution in [0.1, 0.15) is 5.56 Å². The summed E-state index contributed by atoms with van der Waals surface area (Å²) in [5.41, 5.74) is 5.54. The summed E-state index contributed by atoms with van der Waals surface area (Å²) in [5, 5.41) is 23.3. The Morgan fingerprint density at radius 1 is 1.16 bits per heavy atom. The summed E-state index contributed by atoms with van der Waals surface area (Å²) in [5.74, 6) is 0.350. The highest BCUT2D eigenvalue weighted by molar-refractivity contribution is 9.11. The van der Waals surface area contributed by atoms with Crippen LogP contribution in [0.25, 0.3) is 22.1 Å². The molecular weight excluding hydrogens is 452 g/mol. The second-order valence-electron chi connectivity index (χ2n) is 5.20. The molecule has 0 aliphatic rings. The van der Waals surface area contributed by atoms with E-state index in [9.17, 15) is 5.11 Å². The summed E-state index contributed by atoms with van der Waals surface area (Å²) in [6.45, 7) is 0. The zero-order valence-electron chi connectivity index (χ0n) is 12.5. The average molecular weight is 462 g/mol. The Labute approximate surface area is 158 Å². The van der Waals surface area contributed by atoms with Gasteiger partial charge in [-0.25, -0.2) is 5.43 Å². The molecule has 0 spiro atoms. The number of nitrogens with zero attached hydrogens (tertiary/aromatic N) is 4. The number of aromatic amines is 1. The van der Waals surface area contributed by atoms with Crippen molar-refractivity contribution in [3.8, 4) is 5.75 Å². The minimum Gasteiger partial charge on any atom is -0.506 e. The Balaban J connectivity index is 1.62. The second-order valence-corrected chi connectivity index (χ2v) is 6.97. The van der Waals surface area contributed by atoms with Crippen molar-refractivity contribution in [3.63, 3.8) is 0 Å². The van der Waals surface area contributed by atoms with Crippen molar-refractivity contribution in [3.05, 3.63) is 50.9 Å². The summed E-state index contributed by atoms with van der Waals surface area (Å²) >= 11 is 6.64. The first-order chi connectivity index (χ1) is 12.1. The fourth-order valence-corrected chi connectivity index (χ4v) is 3.67. The van der Waals surface area contributed by atoms with E-state index in [4.69, 9.17) is 0 Å². The van der Waals surface area contributed by atoms with Gasteiger partial charge in [0.2, 0.25) is 0 Å². The van der Waals surface area contributed by atoms with Crippen LogP contribution in [0.15, 0.2) is 50.4 Å². The lowest BCUT2D eigenvalue weighted by Gasteiger charge is -2.03. The zero-order chi connectivity index (χ0) is 17.4. The molecule has 7 nitrogen and oxygen atoms in total. The van der Waals surface area contributed by atoms with Crippen molar-refractivity contribution >= 4 is 66.1 Å². The molecule has 124 valence electrons. The summed E-state index contributed by atoms with van der Waals surface area (Å²) in [7, 11) is 0. The molecule has 0 bridgehead atoms. The molecule has 0 saturated carbocycles. The lowest BCUT2D eigenvalue weighted by Crippen LogP contribution is -1.99. The van der Waals surface area contributed by atoms with E-state index in [-0.39, 0.29) is 11.7 Å². The number of hydrogen-bond donors (Lipinski definition) is 3. The van der Waals surface area contributed by atoms with Gasteiger partial charge < -0.3 is 10.1 Å². The number of phenolic OH excluding ortho intramolecular Hbond substituents is 1. The van der Waals surface area contributed by atoms with E-state index in [1.807, 2.05) is 24.3 Å². The van der Waals surface area contributed by atoms with Crippen molar-refractivity contribution in [2.75, 3.05) is 5.43 Å². The van der Waals surface area contributed by atoms with Crippen LogP contribution in [0.3, 0.4) is 0 Å². The minimum atomic E-state index is 0.0962. The standard InChI is InChI=1S/C16H10Br2N6O/c17-9-5-8(14(25)11(18)6-9)7-19-23-16-21-15-13(22-24-16)10-3-1-2-4-12(10)20-15/h1-7,25H,(H2,20,21,23,24)/b19-7+. The van der Waals surface area contributed by atoms with Crippen LogP contribution in [0.5, 0.6) is 5.75 Å². The van der Waals surface area contributed by atoms with E-state index in [0.717, 1.165) is 15.4 Å². The maximum atomic E-state index is 10.0. The van der Waals surface area contributed by atoms with Crippen LogP contribution in [0.4, 0.5) is 5.95 Å². The molecule has 3 N–H and O–H groups in total. The van der Waals surface area contributed by atoms with Crippen molar-refractivity contribution in [2.45, 2.75) is 0 Å². The number of phenols is 1. The first-order valence-electron chi connectivity index (χ1n) is 7.20. The first-order valence-corrected chi connectivity index (χ1v) is 8.78. The third kappa shape index (κ3) is 3.08. The summed E-state index contributed by atoms with van der Waals surface area (Å²) in [6.07, 6.45) is 1.48. The van der Waals surface area contributed by atoms with Crippen LogP contribution in [0.2, 0.25) is 0 Å². The van der Waals surface area contributed by atoms with Gasteiger partial charge in [-0.3, -0.25) is 0 Å². The molecule has 4 aromatic rings. The monoisotopic (exact) mass is 460 g/mol. The largest absolute Gasteiger partial charge is 0.506 e. The van der Waals surface area contributed by atoms with Gasteiger partial charge in [-0.05, 0) is 34.1 Å². The topological polar surface area (TPSA) is 99.1 Å². The van der Waals surface area contributed by atoms with Gasteiger partial charge in [0.05, 0.1) is 10.7 Å². The van der Waals surface area contributed by atoms with Crippen LogP contribution in [-0.4, -0.2) is 31.5 Å². The Hall–Kier alpha value is -2.52. The fourth-order valence-electron chi connectivity index (χ4n) is 2.41. The predicted molar refractivity (Wildman–Crippen MR) is 104 cm³/mol. The number of aromatic nitrogens is 4. The van der Waals surface area contributed by atoms with Crippen LogP contribution >= 0.6 is 31.9 Å². The third-order valence-corrected chi connectivity index (χ3v) is 4.61. The van der Waals surface area contributed by atoms with Crippen LogP contribution < -0.4 is 5.43 Å². The molecule has 0 aliphatic carbocycles. The predicted octanol–water partition coefficient (Wildman–Crippen LogP) is 4.18. The van der Waals surface area contributed by atoms with Crippen molar-refractivity contribution in [2.24, 2.45) is 5.10 Å². The number of H-pyrrole nitrogens is 1. The molecular formula is C16H10Br2N6O. The second kappa shape index (κ2) is 6.41. The number of anilines is 1. The maximum absolute atomic E-state index is 10.0. The molecule has 0 amide bonds. The van der Waals surface area contributed by atoms with Crippen LogP contribution in [0, 0.1) is 0 Å². The van der Waals surface area contributed by atoms with E-state index < -0.39 is 0 Å². The van der Waals surface area contributed by atoms with Crippen molar-refractivity contribution in [1.82, 2.24) is 20.2 Å². The minimum absolute atomic E-state index is 0.0962. The van der Waals surface area contributed by atoms with Gasteiger partial charge >= 0.3 is 0 Å². The Morgan fingerprint density at radius 2 is 2.00 bits per heavy atom. The van der Waals surface area contributed by atoms with Gasteiger partial charge in [-0.1, -0.05) is 34.1 Å². The molecule has 2 heterocycles. The maximum Gasteiger partial charge on any atom is 0.265 e. The zero-order valence-corrected chi connectivity index (χ0v) is 15.7.